The molecule has 0 saturated carbocycles. The summed E-state index contributed by atoms with van der Waals surface area (Å²) in [5.41, 5.74) is 1.63. The van der Waals surface area contributed by atoms with E-state index >= 15 is 0 Å². The van der Waals surface area contributed by atoms with Gasteiger partial charge in [0.15, 0.2) is 0 Å². The monoisotopic (exact) mass is 360 g/mol. The topological polar surface area (TPSA) is 90.8 Å². The summed E-state index contributed by atoms with van der Waals surface area (Å²) in [6.45, 7) is 2.96. The van der Waals surface area contributed by atoms with Crippen LogP contribution in [0.25, 0.3) is 11.0 Å². The lowest BCUT2D eigenvalue weighted by Crippen LogP contribution is -2.44. The molecule has 2 fully saturated rings. The molecule has 3 heterocycles. The van der Waals surface area contributed by atoms with Crippen molar-refractivity contribution in [2.24, 2.45) is 0 Å². The van der Waals surface area contributed by atoms with E-state index in [1.165, 1.54) is 4.90 Å². The number of nitrogens with zero attached hydrogens (tertiary/aromatic N) is 3. The second-order valence-electron chi connectivity index (χ2n) is 7.12. The zero-order valence-electron chi connectivity index (χ0n) is 14.9. The number of piperidine rings is 1. The van der Waals surface area contributed by atoms with Crippen molar-refractivity contribution in [2.75, 3.05) is 33.3 Å². The summed E-state index contributed by atoms with van der Waals surface area (Å²) in [4.78, 5) is 30.4. The molecule has 4 rings (SSSR count). The molecule has 0 bridgehead atoms. The summed E-state index contributed by atoms with van der Waals surface area (Å²) < 4.78 is 7.15. The largest absolute Gasteiger partial charge is 0.497 e. The fourth-order valence-electron chi connectivity index (χ4n) is 4.31. The van der Waals surface area contributed by atoms with Crippen LogP contribution >= 0.6 is 0 Å². The van der Waals surface area contributed by atoms with E-state index in [2.05, 4.69) is 9.88 Å². The van der Waals surface area contributed by atoms with E-state index in [9.17, 15) is 9.59 Å². The molecule has 0 radical (unpaired) electrons. The number of imidazole rings is 1. The van der Waals surface area contributed by atoms with E-state index in [1.807, 2.05) is 22.8 Å². The van der Waals surface area contributed by atoms with Crippen LogP contribution in [0.1, 0.15) is 25.3 Å². The van der Waals surface area contributed by atoms with Gasteiger partial charge in [0, 0.05) is 44.3 Å². The zero-order chi connectivity index (χ0) is 18.3. The maximum Gasteiger partial charge on any atom is 0.407 e. The van der Waals surface area contributed by atoms with Crippen LogP contribution in [-0.4, -0.2) is 69.9 Å². The van der Waals surface area contributed by atoms with Gasteiger partial charge in [0.1, 0.15) is 5.75 Å². The van der Waals surface area contributed by atoms with Crippen LogP contribution < -0.4 is 10.4 Å². The molecule has 2 aliphatic heterocycles. The van der Waals surface area contributed by atoms with Gasteiger partial charge in [-0.1, -0.05) is 0 Å². The van der Waals surface area contributed by atoms with Crippen molar-refractivity contribution in [2.45, 2.75) is 31.3 Å². The molecular weight excluding hydrogens is 336 g/mol. The Labute approximate surface area is 151 Å². The van der Waals surface area contributed by atoms with Gasteiger partial charge in [-0.05, 0) is 31.4 Å². The molecule has 1 aromatic heterocycles. The Morgan fingerprint density at radius 1 is 1.19 bits per heavy atom. The molecule has 1 aromatic carbocycles. The molecule has 2 aromatic rings. The van der Waals surface area contributed by atoms with Crippen LogP contribution in [0.4, 0.5) is 4.79 Å². The lowest BCUT2D eigenvalue weighted by atomic mass is 10.0. The Bertz CT molecular complexity index is 866. The maximum absolute atomic E-state index is 12.5. The number of aromatic amines is 1. The fourth-order valence-corrected chi connectivity index (χ4v) is 4.31. The van der Waals surface area contributed by atoms with E-state index in [-0.39, 0.29) is 11.7 Å². The smallest absolute Gasteiger partial charge is 0.407 e. The molecular formula is C18H24N4O4. The van der Waals surface area contributed by atoms with Crippen molar-refractivity contribution in [1.29, 1.82) is 0 Å². The minimum atomic E-state index is -0.832. The van der Waals surface area contributed by atoms with E-state index in [0.717, 1.165) is 49.1 Å². The van der Waals surface area contributed by atoms with Gasteiger partial charge in [0.25, 0.3) is 0 Å². The molecule has 8 nitrogen and oxygen atoms in total. The highest BCUT2D eigenvalue weighted by Gasteiger charge is 2.33. The van der Waals surface area contributed by atoms with Crippen molar-refractivity contribution in [3.63, 3.8) is 0 Å². The predicted octanol–water partition coefficient (Wildman–Crippen LogP) is 1.73. The number of hydrogen-bond acceptors (Lipinski definition) is 4. The first kappa shape index (κ1) is 17.0. The number of fused-ring (bicyclic) bond motifs is 1. The normalized spacial score (nSPS) is 22.2. The second-order valence-corrected chi connectivity index (χ2v) is 7.12. The molecule has 1 atom stereocenters. The van der Waals surface area contributed by atoms with E-state index in [1.54, 1.807) is 7.11 Å². The first-order valence-electron chi connectivity index (χ1n) is 9.07. The Balaban J connectivity index is 1.48. The molecule has 0 aliphatic carbocycles. The van der Waals surface area contributed by atoms with Gasteiger partial charge >= 0.3 is 11.8 Å². The summed E-state index contributed by atoms with van der Waals surface area (Å²) in [6.07, 6.45) is 1.82. The van der Waals surface area contributed by atoms with Crippen molar-refractivity contribution in [3.8, 4) is 5.75 Å². The lowest BCUT2D eigenvalue weighted by Gasteiger charge is -2.36. The van der Waals surface area contributed by atoms with Gasteiger partial charge < -0.3 is 19.7 Å². The number of H-pyrrole nitrogens is 1. The van der Waals surface area contributed by atoms with E-state index in [0.29, 0.717) is 19.1 Å². The lowest BCUT2D eigenvalue weighted by molar-refractivity contribution is 0.126. The summed E-state index contributed by atoms with van der Waals surface area (Å²) in [5, 5.41) is 9.13. The Hall–Kier alpha value is -2.48. The summed E-state index contributed by atoms with van der Waals surface area (Å²) in [6, 6.07) is 6.07. The third-order valence-electron chi connectivity index (χ3n) is 5.74. The molecule has 8 heteroatoms. The number of benzene rings is 1. The number of aromatic nitrogens is 2. The molecule has 2 saturated heterocycles. The van der Waals surface area contributed by atoms with Crippen molar-refractivity contribution < 1.29 is 14.6 Å². The molecule has 2 aliphatic rings. The summed E-state index contributed by atoms with van der Waals surface area (Å²) >= 11 is 0. The third kappa shape index (κ3) is 2.94. The van der Waals surface area contributed by atoms with Crippen molar-refractivity contribution in [3.05, 3.63) is 28.7 Å². The molecule has 2 N–H and O–H groups in total. The molecule has 26 heavy (non-hydrogen) atoms. The predicted molar refractivity (Wildman–Crippen MR) is 97.0 cm³/mol. The number of likely N-dealkylation sites (tertiary alicyclic amines) is 2. The fraction of sp³-hybridized carbons (Fsp3) is 0.556. The van der Waals surface area contributed by atoms with Gasteiger partial charge in [-0.2, -0.15) is 0 Å². The highest BCUT2D eigenvalue weighted by atomic mass is 16.5. The average molecular weight is 360 g/mol. The number of ether oxygens (including phenoxy) is 1. The van der Waals surface area contributed by atoms with Gasteiger partial charge in [-0.15, -0.1) is 0 Å². The first-order valence-corrected chi connectivity index (χ1v) is 9.07. The number of nitrogens with one attached hydrogen (secondary N) is 1. The number of carbonyl (C=O) groups is 1. The molecule has 140 valence electrons. The molecule has 1 amide bonds. The van der Waals surface area contributed by atoms with Crippen LogP contribution in [0.15, 0.2) is 23.0 Å². The summed E-state index contributed by atoms with van der Waals surface area (Å²) in [5.74, 6) is 0.738. The van der Waals surface area contributed by atoms with Crippen molar-refractivity contribution >= 4 is 17.1 Å². The van der Waals surface area contributed by atoms with E-state index < -0.39 is 6.09 Å². The number of methoxy groups -OCH3 is 1. The van der Waals surface area contributed by atoms with Crippen molar-refractivity contribution in [1.82, 2.24) is 19.4 Å². The van der Waals surface area contributed by atoms with Gasteiger partial charge in [0.05, 0.1) is 18.1 Å². The number of amides is 1. The standard InChI is InChI=1S/C18H24N4O4/c1-26-14-2-3-15-16(10-14)22(17(23)19-15)12-4-7-20(8-5-12)13-6-9-21(11-13)18(24)25/h2-3,10,12-13H,4-9,11H2,1H3,(H,19,23)(H,24,25). The Kier molecular flexibility index (Phi) is 4.36. The van der Waals surface area contributed by atoms with Crippen LogP contribution in [-0.2, 0) is 0 Å². The number of carboxylic acid groups (broad SMARTS) is 1. The maximum atomic E-state index is 12.5. The average Bonchev–Trinajstić information content (AvgIpc) is 3.25. The highest BCUT2D eigenvalue weighted by Crippen LogP contribution is 2.29. The highest BCUT2D eigenvalue weighted by molar-refractivity contribution is 5.77. The van der Waals surface area contributed by atoms with Gasteiger partial charge in [0.2, 0.25) is 0 Å². The molecule has 0 spiro atoms. The van der Waals surface area contributed by atoms with Crippen LogP contribution in [0.2, 0.25) is 0 Å². The SMILES string of the molecule is COc1ccc2[nH]c(=O)n(C3CCN(C4CCN(C(=O)O)C4)CC3)c2c1. The Morgan fingerprint density at radius 3 is 2.58 bits per heavy atom. The quantitative estimate of drug-likeness (QED) is 0.870. The van der Waals surface area contributed by atoms with E-state index in [4.69, 9.17) is 9.84 Å². The number of rotatable bonds is 3. The zero-order valence-corrected chi connectivity index (χ0v) is 14.9. The minimum Gasteiger partial charge on any atom is -0.497 e. The Morgan fingerprint density at radius 2 is 1.92 bits per heavy atom. The third-order valence-corrected chi connectivity index (χ3v) is 5.74. The van der Waals surface area contributed by atoms with Crippen LogP contribution in [0.5, 0.6) is 5.75 Å². The van der Waals surface area contributed by atoms with Gasteiger partial charge in [-0.3, -0.25) is 9.47 Å². The van der Waals surface area contributed by atoms with Crippen LogP contribution in [0, 0.1) is 0 Å². The second kappa shape index (κ2) is 6.68. The summed E-state index contributed by atoms with van der Waals surface area (Å²) in [7, 11) is 1.62. The minimum absolute atomic E-state index is 0.0791. The first-order chi connectivity index (χ1) is 12.6. The molecule has 1 unspecified atom stereocenters. The van der Waals surface area contributed by atoms with Gasteiger partial charge in [-0.25, -0.2) is 9.59 Å². The van der Waals surface area contributed by atoms with Crippen LogP contribution in [0.3, 0.4) is 0 Å². The number of hydrogen-bond donors (Lipinski definition) is 2.